The van der Waals surface area contributed by atoms with Crippen LogP contribution < -0.4 is 26.2 Å². The number of para-hydroxylation sites is 2. The van der Waals surface area contributed by atoms with Crippen molar-refractivity contribution in [1.29, 1.82) is 0 Å². The van der Waals surface area contributed by atoms with Crippen LogP contribution in [0.5, 0.6) is 0 Å². The topological polar surface area (TPSA) is 16.3 Å². The van der Waals surface area contributed by atoms with Gasteiger partial charge in [-0.1, -0.05) is 345 Å². The van der Waals surface area contributed by atoms with Gasteiger partial charge in [-0.05, 0) is 279 Å². The molecule has 0 amide bonds. The van der Waals surface area contributed by atoms with Gasteiger partial charge in [-0.2, -0.15) is 0 Å². The lowest BCUT2D eigenvalue weighted by Crippen LogP contribution is -2.61. The molecule has 0 N–H and O–H groups in total. The van der Waals surface area contributed by atoms with Crippen molar-refractivity contribution in [2.45, 2.75) is 243 Å². The molecule has 0 saturated carbocycles. The Hall–Kier alpha value is -10.9. The molecule has 17 rings (SSSR count). The van der Waals surface area contributed by atoms with Crippen molar-refractivity contribution in [2.24, 2.45) is 37.9 Å². The van der Waals surface area contributed by atoms with Gasteiger partial charge in [0.05, 0.1) is 44.4 Å². The van der Waals surface area contributed by atoms with Crippen molar-refractivity contribution in [3.8, 4) is 55.9 Å². The minimum Gasteiger partial charge on any atom is -0.310 e. The maximum absolute atomic E-state index is 10.3. The predicted molar refractivity (Wildman–Crippen MR) is 550 cm³/mol. The van der Waals surface area contributed by atoms with Crippen molar-refractivity contribution in [3.05, 3.63) is 305 Å². The van der Waals surface area contributed by atoms with Crippen LogP contribution in [0.2, 0.25) is 0 Å². The Bertz CT molecular complexity index is 7070. The van der Waals surface area contributed by atoms with Crippen molar-refractivity contribution in [1.82, 2.24) is 9.13 Å². The van der Waals surface area contributed by atoms with Gasteiger partial charge in [0.15, 0.2) is 0 Å². The molecule has 0 fully saturated rings. The molecule has 5 heteroatoms. The van der Waals surface area contributed by atoms with E-state index >= 15 is 0 Å². The molecule has 15 aromatic rings. The summed E-state index contributed by atoms with van der Waals surface area (Å²) in [6.45, 7) is 55.2. The monoisotopic (exact) mass is 1670 g/mol. The third-order valence-electron chi connectivity index (χ3n) is 23.9. The molecule has 2 aliphatic heterocycles. The number of hydrogen-bond donors (Lipinski definition) is 0. The fraction of sp³-hybridized carbons (Fsp3) is 0.355. The first-order chi connectivity index (χ1) is 65.4. The van der Waals surface area contributed by atoms with Crippen LogP contribution in [0.1, 0.15) is 259 Å². The molecule has 4 heterocycles. The van der Waals surface area contributed by atoms with Gasteiger partial charge in [0.2, 0.25) is 0 Å². The number of hydrogen-bond acceptors (Lipinski definition) is 2. The summed E-state index contributed by atoms with van der Waals surface area (Å²) in [6.07, 6.45) is -5.76. The lowest BCUT2D eigenvalue weighted by Gasteiger charge is -2.46. The molecule has 0 radical (unpaired) electrons. The van der Waals surface area contributed by atoms with E-state index in [-0.39, 0.29) is 70.2 Å². The van der Waals surface area contributed by atoms with Crippen molar-refractivity contribution < 1.29 is 21.9 Å². The van der Waals surface area contributed by atoms with E-state index in [2.05, 4.69) is 247 Å². The molecule has 4 nitrogen and oxygen atoms in total. The van der Waals surface area contributed by atoms with Gasteiger partial charge < -0.3 is 18.9 Å². The molecule has 0 saturated heterocycles. The van der Waals surface area contributed by atoms with Crippen LogP contribution in [0.3, 0.4) is 0 Å². The fourth-order valence-electron chi connectivity index (χ4n) is 19.3. The van der Waals surface area contributed by atoms with Gasteiger partial charge in [-0.15, -0.1) is 0 Å². The highest BCUT2D eigenvalue weighted by Gasteiger charge is 2.47. The average molecular weight is 1670 g/mol. The molecule has 13 aromatic carbocycles. The smallest absolute Gasteiger partial charge is 0.252 e. The van der Waals surface area contributed by atoms with E-state index in [1.807, 2.05) is 165 Å². The zero-order valence-corrected chi connectivity index (χ0v) is 79.6. The third-order valence-corrected chi connectivity index (χ3v) is 23.9. The Labute approximate surface area is 778 Å². The van der Waals surface area contributed by atoms with Crippen LogP contribution in [0.25, 0.3) is 99.5 Å². The molecule has 2 aliphatic rings. The van der Waals surface area contributed by atoms with Crippen LogP contribution in [0.15, 0.2) is 255 Å². The summed E-state index contributed by atoms with van der Waals surface area (Å²) < 4.78 is 164. The molecule has 0 atom stereocenters. The Morgan fingerprint density at radius 3 is 0.881 bits per heavy atom. The van der Waals surface area contributed by atoms with Gasteiger partial charge in [0.25, 0.3) is 6.71 Å². The number of anilines is 6. The quantitative estimate of drug-likeness (QED) is 0.0951. The molecular weight excluding hydrogens is 1520 g/mol. The Kier molecular flexibility index (Phi) is 17.4. The van der Waals surface area contributed by atoms with E-state index in [9.17, 15) is 21.9 Å². The first-order valence-electron chi connectivity index (χ1n) is 53.4. The SMILES string of the molecule is [2H]c1c([2H])c([2H])c2c(c1[2H])c1cc(CC(C)(C)C)ccc1n2-c1ccc2c(c1)N(c1c(-c3cccc(C([2H])([2H])C(C)(C)C)c3)cc(C(C)(C)C)cc1-c1cccc(C([2H])([2H])C(C)(C)C)c1)c1cc(CC(C)(C)C)cc3c1B2c1ccc(-n2c4ccc(CC(C)(C)C)cc4c4c([2H])c([2H])c([2H])c([2H])c42)cc1N3c1c(-c2cccc(C([2H])([2H])C(C)(C)C)c2)cc(C(C)(C)C)cc1-c1cccc(C([2H])([2H])C(C)(C)C)c1. The maximum atomic E-state index is 10.3. The number of nitrogens with zero attached hydrogens (tertiary/aromatic N) is 4. The first kappa shape index (κ1) is 69.3. The van der Waals surface area contributed by atoms with Crippen LogP contribution in [0.4, 0.5) is 34.1 Å². The molecule has 0 aliphatic carbocycles. The summed E-state index contributed by atoms with van der Waals surface area (Å²) in [4.78, 5) is 4.80. The number of rotatable bonds is 15. The highest BCUT2D eigenvalue weighted by molar-refractivity contribution is 7.00. The molecule has 0 bridgehead atoms. The van der Waals surface area contributed by atoms with Crippen molar-refractivity contribution in [3.63, 3.8) is 0 Å². The van der Waals surface area contributed by atoms with Gasteiger partial charge >= 0.3 is 0 Å². The zero-order valence-electron chi connectivity index (χ0n) is 95.6. The van der Waals surface area contributed by atoms with Crippen LogP contribution in [-0.4, -0.2) is 15.8 Å². The molecule has 2 aromatic heterocycles. The Balaban J connectivity index is 1.14. The number of fused-ring (bicyclic) bond motifs is 10. The number of aromatic nitrogens is 2. The summed E-state index contributed by atoms with van der Waals surface area (Å²) in [6, 6.07) is 68.4. The Morgan fingerprint density at radius 1 is 0.270 bits per heavy atom. The zero-order chi connectivity index (χ0) is 104. The van der Waals surface area contributed by atoms with E-state index in [0.29, 0.717) is 130 Å². The molecule has 644 valence electrons. The van der Waals surface area contributed by atoms with E-state index in [1.54, 1.807) is 0 Å². The summed E-state index contributed by atoms with van der Waals surface area (Å²) in [5.41, 5.74) is 16.3. The van der Waals surface area contributed by atoms with E-state index in [0.717, 1.165) is 77.8 Å². The van der Waals surface area contributed by atoms with Crippen LogP contribution in [-0.2, 0) is 55.6 Å². The molecular formula is C121H137BN4. The minimum absolute atomic E-state index is 0.165. The number of benzene rings is 13. The summed E-state index contributed by atoms with van der Waals surface area (Å²) in [5.74, 6) is 0. The molecule has 0 unspecified atom stereocenters. The third kappa shape index (κ3) is 17.9. The molecule has 126 heavy (non-hydrogen) atoms. The van der Waals surface area contributed by atoms with Gasteiger partial charge in [0, 0.05) is 88.9 Å². The minimum atomic E-state index is -1.90. The average Bonchev–Trinajstić information content (AvgIpc) is 0.894. The fourth-order valence-corrected chi connectivity index (χ4v) is 19.3. The van der Waals surface area contributed by atoms with E-state index in [4.69, 9.17) is 0 Å². The second kappa shape index (κ2) is 31.6. The molecule has 0 spiro atoms. The largest absolute Gasteiger partial charge is 0.310 e. The van der Waals surface area contributed by atoms with Crippen LogP contribution in [0, 0.1) is 37.9 Å². The normalized spacial score (nSPS) is 16.0. The lowest BCUT2D eigenvalue weighted by molar-refractivity contribution is 0.411. The standard InChI is InChI=1S/C121H137BN4/c1-113(2,3)70-77-36-32-40-84(56-77)94-64-88(120(22,23)24)65-95(85-41-33-37-78(57-85)71-114(4,5)6)111(94)125-106-68-90(123-102-46-30-28-44-92(102)98-60-81(48-54-104(98)123)74-117(13,14)15)50-52-100(106)122-101-53-51-91(124-103-47-31-29-45-93(103)99-61-82(49-55-105(99)124)75-118(16,17)18)69-107(101)126(109-63-83(76-119(19,20)21)62-108(125)110(109)122)112-96(86-42-34-38-79(58-86)72-115(7,8)9)66-89(121(25,26)27)67-97(112)87-43-35-39-80(59-87)73-116(10,11)12/h28-69H,70-76H2,1-27H3/i28D,29D,30D,31D,44D,45D,46D,47D,70D2,71D2,72D2,73D2. The summed E-state index contributed by atoms with van der Waals surface area (Å²) >= 11 is 0. The van der Waals surface area contributed by atoms with Crippen molar-refractivity contribution in [2.75, 3.05) is 9.80 Å². The van der Waals surface area contributed by atoms with Crippen molar-refractivity contribution >= 4 is 101 Å². The highest BCUT2D eigenvalue weighted by atomic mass is 15.2. The summed E-state index contributed by atoms with van der Waals surface area (Å²) in [7, 11) is 0. The second-order valence-corrected chi connectivity index (χ2v) is 45.8. The van der Waals surface area contributed by atoms with Gasteiger partial charge in [-0.25, -0.2) is 0 Å². The summed E-state index contributed by atoms with van der Waals surface area (Å²) in [5, 5.41) is 2.05. The van der Waals surface area contributed by atoms with Gasteiger partial charge in [-0.3, -0.25) is 0 Å². The highest BCUT2D eigenvalue weighted by Crippen LogP contribution is 2.57. The lowest BCUT2D eigenvalue weighted by atomic mass is 9.33. The van der Waals surface area contributed by atoms with Crippen LogP contribution >= 0.6 is 0 Å². The van der Waals surface area contributed by atoms with E-state index < -0.39 is 70.1 Å². The maximum Gasteiger partial charge on any atom is 0.252 e. The van der Waals surface area contributed by atoms with Gasteiger partial charge in [0.1, 0.15) is 0 Å². The predicted octanol–water partition coefficient (Wildman–Crippen LogP) is 32.3. The van der Waals surface area contributed by atoms with E-state index in [1.165, 1.54) is 0 Å². The Morgan fingerprint density at radius 2 is 0.579 bits per heavy atom. The first-order valence-corrected chi connectivity index (χ1v) is 45.4. The second-order valence-electron chi connectivity index (χ2n) is 45.8.